The van der Waals surface area contributed by atoms with Gasteiger partial charge in [0.15, 0.2) is 0 Å². The molecule has 5 heteroatoms. The lowest BCUT2D eigenvalue weighted by Gasteiger charge is -2.37. The monoisotopic (exact) mass is 238 g/mol. The molecule has 1 saturated carbocycles. The predicted octanol–water partition coefficient (Wildman–Crippen LogP) is 2.39. The van der Waals surface area contributed by atoms with Crippen LogP contribution in [0.2, 0.25) is 0 Å². The minimum atomic E-state index is -4.05. The summed E-state index contributed by atoms with van der Waals surface area (Å²) in [5, 5.41) is 0. The number of halogens is 3. The van der Waals surface area contributed by atoms with Gasteiger partial charge in [-0.25, -0.2) is 0 Å². The lowest BCUT2D eigenvalue weighted by atomic mass is 9.83. The van der Waals surface area contributed by atoms with Gasteiger partial charge in [0, 0.05) is 12.6 Å². The Bertz CT molecular complexity index is 206. The van der Waals surface area contributed by atoms with Crippen molar-refractivity contribution in [1.29, 1.82) is 0 Å². The van der Waals surface area contributed by atoms with Gasteiger partial charge in [0.25, 0.3) is 0 Å². The summed E-state index contributed by atoms with van der Waals surface area (Å²) in [6.45, 7) is 0.672. The molecule has 0 amide bonds. The molecule has 1 rings (SSSR count). The van der Waals surface area contributed by atoms with Gasteiger partial charge in [-0.3, -0.25) is 0 Å². The second kappa shape index (κ2) is 5.87. The molecule has 2 unspecified atom stereocenters. The topological polar surface area (TPSA) is 29.3 Å². The molecule has 0 aliphatic heterocycles. The third-order valence-corrected chi connectivity index (χ3v) is 3.49. The van der Waals surface area contributed by atoms with Gasteiger partial charge in [0.1, 0.15) is 0 Å². The van der Waals surface area contributed by atoms with Gasteiger partial charge in [0.05, 0.1) is 6.42 Å². The van der Waals surface area contributed by atoms with Crippen LogP contribution in [-0.4, -0.2) is 37.3 Å². The maximum absolute atomic E-state index is 12.1. The highest BCUT2D eigenvalue weighted by Gasteiger charge is 2.31. The third kappa shape index (κ3) is 4.29. The smallest absolute Gasteiger partial charge is 0.330 e. The van der Waals surface area contributed by atoms with Gasteiger partial charge in [-0.1, -0.05) is 12.8 Å². The molecule has 1 fully saturated rings. The summed E-state index contributed by atoms with van der Waals surface area (Å²) in [6.07, 6.45) is -0.477. The molecular formula is C11H21F3N2. The maximum Gasteiger partial charge on any atom is 0.390 e. The standard InChI is InChI=1S/C11H21F3N2/c1-16(7-6-11(12,13)14)10-5-3-2-4-9(10)8-15/h9-10H,2-8,15H2,1H3. The summed E-state index contributed by atoms with van der Waals surface area (Å²) in [4.78, 5) is 1.84. The Morgan fingerprint density at radius 2 is 1.88 bits per heavy atom. The molecule has 1 aliphatic rings. The lowest BCUT2D eigenvalue weighted by molar-refractivity contribution is -0.139. The van der Waals surface area contributed by atoms with E-state index in [2.05, 4.69) is 0 Å². The molecule has 0 aromatic carbocycles. The van der Waals surface area contributed by atoms with Crippen LogP contribution in [0.1, 0.15) is 32.1 Å². The van der Waals surface area contributed by atoms with Crippen LogP contribution in [0.25, 0.3) is 0 Å². The van der Waals surface area contributed by atoms with Crippen molar-refractivity contribution in [2.24, 2.45) is 11.7 Å². The molecule has 2 nitrogen and oxygen atoms in total. The van der Waals surface area contributed by atoms with Crippen LogP contribution in [0.4, 0.5) is 13.2 Å². The Balaban J connectivity index is 2.41. The zero-order valence-corrected chi connectivity index (χ0v) is 9.76. The minimum absolute atomic E-state index is 0.0880. The van der Waals surface area contributed by atoms with Gasteiger partial charge in [-0.05, 0) is 32.4 Å². The Morgan fingerprint density at radius 1 is 1.25 bits per heavy atom. The van der Waals surface area contributed by atoms with Gasteiger partial charge in [0.2, 0.25) is 0 Å². The Labute approximate surface area is 95.0 Å². The van der Waals surface area contributed by atoms with Crippen LogP contribution in [-0.2, 0) is 0 Å². The molecule has 1 aliphatic carbocycles. The van der Waals surface area contributed by atoms with Crippen molar-refractivity contribution < 1.29 is 13.2 Å². The molecule has 0 aromatic heterocycles. The Hall–Kier alpha value is -0.290. The minimum Gasteiger partial charge on any atom is -0.330 e. The summed E-state index contributed by atoms with van der Waals surface area (Å²) < 4.78 is 36.3. The Morgan fingerprint density at radius 3 is 2.44 bits per heavy atom. The Kier molecular flexibility index (Phi) is 5.05. The average Bonchev–Trinajstić information content (AvgIpc) is 2.25. The normalized spacial score (nSPS) is 27.4. The van der Waals surface area contributed by atoms with Gasteiger partial charge in [-0.2, -0.15) is 13.2 Å². The van der Waals surface area contributed by atoms with E-state index in [0.29, 0.717) is 12.5 Å². The van der Waals surface area contributed by atoms with E-state index in [1.807, 2.05) is 4.90 Å². The number of nitrogens with zero attached hydrogens (tertiary/aromatic N) is 1. The first kappa shape index (κ1) is 13.8. The summed E-state index contributed by atoms with van der Waals surface area (Å²) >= 11 is 0. The SMILES string of the molecule is CN(CCC(F)(F)F)C1CCCCC1CN. The van der Waals surface area contributed by atoms with Crippen LogP contribution < -0.4 is 5.73 Å². The van der Waals surface area contributed by atoms with Crippen molar-refractivity contribution in [3.8, 4) is 0 Å². The highest BCUT2D eigenvalue weighted by molar-refractivity contribution is 4.82. The quantitative estimate of drug-likeness (QED) is 0.814. The summed E-state index contributed by atoms with van der Waals surface area (Å²) in [5.74, 6) is 0.368. The van der Waals surface area contributed by atoms with E-state index < -0.39 is 12.6 Å². The van der Waals surface area contributed by atoms with E-state index in [1.165, 1.54) is 0 Å². The lowest BCUT2D eigenvalue weighted by Crippen LogP contribution is -2.44. The van der Waals surface area contributed by atoms with Crippen LogP contribution >= 0.6 is 0 Å². The number of hydrogen-bond donors (Lipinski definition) is 1. The van der Waals surface area contributed by atoms with Gasteiger partial charge >= 0.3 is 6.18 Å². The zero-order valence-electron chi connectivity index (χ0n) is 9.76. The number of rotatable bonds is 4. The van der Waals surface area contributed by atoms with Crippen LogP contribution in [0.3, 0.4) is 0 Å². The fraction of sp³-hybridized carbons (Fsp3) is 1.00. The van der Waals surface area contributed by atoms with E-state index in [1.54, 1.807) is 7.05 Å². The number of alkyl halides is 3. The van der Waals surface area contributed by atoms with Crippen molar-refractivity contribution in [1.82, 2.24) is 4.90 Å². The predicted molar refractivity (Wildman–Crippen MR) is 58.1 cm³/mol. The first-order valence-electron chi connectivity index (χ1n) is 5.91. The first-order valence-corrected chi connectivity index (χ1v) is 5.91. The summed E-state index contributed by atoms with van der Waals surface area (Å²) in [5.41, 5.74) is 5.66. The second-order valence-electron chi connectivity index (χ2n) is 4.69. The van der Waals surface area contributed by atoms with E-state index in [-0.39, 0.29) is 12.6 Å². The first-order chi connectivity index (χ1) is 7.44. The van der Waals surface area contributed by atoms with Crippen molar-refractivity contribution in [3.63, 3.8) is 0 Å². The fourth-order valence-electron chi connectivity index (χ4n) is 2.51. The van der Waals surface area contributed by atoms with Crippen molar-refractivity contribution >= 4 is 0 Å². The van der Waals surface area contributed by atoms with E-state index >= 15 is 0 Å². The van der Waals surface area contributed by atoms with E-state index in [0.717, 1.165) is 25.7 Å². The van der Waals surface area contributed by atoms with Gasteiger partial charge < -0.3 is 10.6 Å². The zero-order chi connectivity index (χ0) is 12.2. The average molecular weight is 238 g/mol. The highest BCUT2D eigenvalue weighted by Crippen LogP contribution is 2.28. The molecule has 0 bridgehead atoms. The molecule has 0 radical (unpaired) electrons. The number of hydrogen-bond acceptors (Lipinski definition) is 2. The molecule has 0 aromatic rings. The largest absolute Gasteiger partial charge is 0.390 e. The van der Waals surface area contributed by atoms with Crippen molar-refractivity contribution in [3.05, 3.63) is 0 Å². The molecular weight excluding hydrogens is 217 g/mol. The van der Waals surface area contributed by atoms with Crippen LogP contribution in [0.5, 0.6) is 0 Å². The van der Waals surface area contributed by atoms with Crippen LogP contribution in [0.15, 0.2) is 0 Å². The third-order valence-electron chi connectivity index (χ3n) is 3.49. The highest BCUT2D eigenvalue weighted by atomic mass is 19.4. The van der Waals surface area contributed by atoms with Crippen molar-refractivity contribution in [2.45, 2.75) is 44.3 Å². The second-order valence-corrected chi connectivity index (χ2v) is 4.69. The maximum atomic E-state index is 12.1. The van der Waals surface area contributed by atoms with E-state index in [9.17, 15) is 13.2 Å². The molecule has 16 heavy (non-hydrogen) atoms. The molecule has 0 spiro atoms. The molecule has 0 saturated heterocycles. The van der Waals surface area contributed by atoms with Crippen LogP contribution in [0, 0.1) is 5.92 Å². The molecule has 2 atom stereocenters. The fourth-order valence-corrected chi connectivity index (χ4v) is 2.51. The number of nitrogens with two attached hydrogens (primary N) is 1. The van der Waals surface area contributed by atoms with Crippen molar-refractivity contribution in [2.75, 3.05) is 20.1 Å². The molecule has 96 valence electrons. The van der Waals surface area contributed by atoms with E-state index in [4.69, 9.17) is 5.73 Å². The summed E-state index contributed by atoms with van der Waals surface area (Å²) in [6, 6.07) is 0.237. The van der Waals surface area contributed by atoms with Gasteiger partial charge in [-0.15, -0.1) is 0 Å². The summed E-state index contributed by atoms with van der Waals surface area (Å²) in [7, 11) is 1.78. The molecule has 2 N–H and O–H groups in total. The molecule has 0 heterocycles.